The van der Waals surface area contributed by atoms with E-state index in [1.807, 2.05) is 32.0 Å². The first-order valence-electron chi connectivity index (χ1n) is 8.00. The molecule has 0 aliphatic heterocycles. The van der Waals surface area contributed by atoms with Gasteiger partial charge in [-0.3, -0.25) is 9.59 Å². The van der Waals surface area contributed by atoms with E-state index in [-0.39, 0.29) is 12.1 Å². The van der Waals surface area contributed by atoms with Crippen LogP contribution in [0.3, 0.4) is 0 Å². The fourth-order valence-electron chi connectivity index (χ4n) is 2.49. The minimum absolute atomic E-state index is 0.0681. The van der Waals surface area contributed by atoms with E-state index in [1.54, 1.807) is 6.07 Å². The Balaban J connectivity index is 2.03. The number of amides is 2. The van der Waals surface area contributed by atoms with Crippen molar-refractivity contribution >= 4 is 23.2 Å². The van der Waals surface area contributed by atoms with Gasteiger partial charge < -0.3 is 10.6 Å². The Morgan fingerprint density at radius 2 is 1.46 bits per heavy atom. The van der Waals surface area contributed by atoms with Crippen LogP contribution in [0.2, 0.25) is 0 Å². The molecular formula is C19H21FN2O2. The summed E-state index contributed by atoms with van der Waals surface area (Å²) in [5, 5.41) is 5.23. The molecule has 0 heterocycles. The number of nitrogens with one attached hydrogen (secondary N) is 2. The highest BCUT2D eigenvalue weighted by atomic mass is 19.1. The van der Waals surface area contributed by atoms with Crippen molar-refractivity contribution in [3.05, 3.63) is 59.4 Å². The summed E-state index contributed by atoms with van der Waals surface area (Å²) in [4.78, 5) is 24.1. The number of carbonyl (C=O) groups excluding carboxylic acids is 2. The van der Waals surface area contributed by atoms with Crippen molar-refractivity contribution in [1.82, 2.24) is 0 Å². The molecule has 0 bridgehead atoms. The van der Waals surface area contributed by atoms with Gasteiger partial charge in [-0.25, -0.2) is 4.39 Å². The number of carbonyl (C=O) groups is 2. The van der Waals surface area contributed by atoms with E-state index in [0.29, 0.717) is 0 Å². The molecule has 2 rings (SSSR count). The van der Waals surface area contributed by atoms with Crippen molar-refractivity contribution in [2.24, 2.45) is 0 Å². The van der Waals surface area contributed by atoms with E-state index < -0.39 is 17.6 Å². The molecule has 0 fully saturated rings. The second-order valence-electron chi connectivity index (χ2n) is 5.41. The van der Waals surface area contributed by atoms with Crippen LogP contribution in [0, 0.1) is 5.82 Å². The van der Waals surface area contributed by atoms with Crippen LogP contribution in [0.1, 0.15) is 31.4 Å². The summed E-state index contributed by atoms with van der Waals surface area (Å²) >= 11 is 0. The monoisotopic (exact) mass is 328 g/mol. The highest BCUT2D eigenvalue weighted by molar-refractivity contribution is 6.08. The van der Waals surface area contributed by atoms with Crippen molar-refractivity contribution in [2.75, 3.05) is 10.6 Å². The van der Waals surface area contributed by atoms with Gasteiger partial charge in [0, 0.05) is 5.69 Å². The minimum Gasteiger partial charge on any atom is -0.325 e. The molecule has 0 aromatic heterocycles. The minimum atomic E-state index is -0.551. The number of anilines is 2. The van der Waals surface area contributed by atoms with Crippen molar-refractivity contribution in [2.45, 2.75) is 33.1 Å². The zero-order valence-corrected chi connectivity index (χ0v) is 13.9. The fourth-order valence-corrected chi connectivity index (χ4v) is 2.49. The predicted octanol–water partition coefficient (Wildman–Crippen LogP) is 3.92. The van der Waals surface area contributed by atoms with Crippen LogP contribution >= 0.6 is 0 Å². The fraction of sp³-hybridized carbons (Fsp3) is 0.263. The lowest BCUT2D eigenvalue weighted by molar-refractivity contribution is -0.123. The first-order chi connectivity index (χ1) is 11.5. The Morgan fingerprint density at radius 1 is 0.875 bits per heavy atom. The number of benzene rings is 2. The highest BCUT2D eigenvalue weighted by Crippen LogP contribution is 2.22. The molecule has 0 atom stereocenters. The van der Waals surface area contributed by atoms with Gasteiger partial charge >= 0.3 is 0 Å². The van der Waals surface area contributed by atoms with Gasteiger partial charge in [0.25, 0.3) is 0 Å². The van der Waals surface area contributed by atoms with Crippen molar-refractivity contribution in [3.63, 3.8) is 0 Å². The Bertz CT molecular complexity index is 722. The highest BCUT2D eigenvalue weighted by Gasteiger charge is 2.14. The van der Waals surface area contributed by atoms with Crippen LogP contribution < -0.4 is 10.6 Å². The molecule has 0 saturated carbocycles. The van der Waals surface area contributed by atoms with Gasteiger partial charge in [-0.15, -0.1) is 0 Å². The quantitative estimate of drug-likeness (QED) is 0.790. The largest absolute Gasteiger partial charge is 0.325 e. The number of para-hydroxylation sites is 2. The second kappa shape index (κ2) is 8.24. The van der Waals surface area contributed by atoms with E-state index in [9.17, 15) is 14.0 Å². The van der Waals surface area contributed by atoms with Gasteiger partial charge in [-0.05, 0) is 36.1 Å². The Morgan fingerprint density at radius 3 is 2.04 bits per heavy atom. The molecule has 0 unspecified atom stereocenters. The zero-order valence-electron chi connectivity index (χ0n) is 13.9. The molecule has 2 aromatic carbocycles. The maximum absolute atomic E-state index is 13.5. The van der Waals surface area contributed by atoms with Crippen molar-refractivity contribution in [3.8, 4) is 0 Å². The Hall–Kier alpha value is -2.69. The summed E-state index contributed by atoms with van der Waals surface area (Å²) in [5.74, 6) is -1.50. The normalized spacial score (nSPS) is 10.3. The molecule has 24 heavy (non-hydrogen) atoms. The molecule has 0 spiro atoms. The molecule has 2 N–H and O–H groups in total. The van der Waals surface area contributed by atoms with Crippen molar-refractivity contribution in [1.29, 1.82) is 0 Å². The third kappa shape index (κ3) is 4.41. The standard InChI is InChI=1S/C19H21FN2O2/c1-3-13-8-7-9-14(4-2)19(13)22-18(24)12-17(23)21-16-11-6-5-10-15(16)20/h5-11H,3-4,12H2,1-2H3,(H,21,23)(H,22,24). The van der Waals surface area contributed by atoms with E-state index in [4.69, 9.17) is 0 Å². The predicted molar refractivity (Wildman–Crippen MR) is 93.5 cm³/mol. The van der Waals surface area contributed by atoms with Crippen LogP contribution in [0.5, 0.6) is 0 Å². The molecule has 2 amide bonds. The van der Waals surface area contributed by atoms with Gasteiger partial charge in [0.05, 0.1) is 5.69 Å². The van der Waals surface area contributed by atoms with E-state index in [0.717, 1.165) is 29.7 Å². The third-order valence-electron chi connectivity index (χ3n) is 3.73. The topological polar surface area (TPSA) is 58.2 Å². The zero-order chi connectivity index (χ0) is 17.5. The lowest BCUT2D eigenvalue weighted by Crippen LogP contribution is -2.22. The van der Waals surface area contributed by atoms with Gasteiger partial charge in [0.15, 0.2) is 0 Å². The Labute approximate surface area is 141 Å². The van der Waals surface area contributed by atoms with Crippen LogP contribution in [0.4, 0.5) is 15.8 Å². The summed E-state index contributed by atoms with van der Waals surface area (Å²) in [6.45, 7) is 4.02. The van der Waals surface area contributed by atoms with Crippen LogP contribution in [0.25, 0.3) is 0 Å². The Kier molecular flexibility index (Phi) is 6.07. The summed E-state index contributed by atoms with van der Waals surface area (Å²) < 4.78 is 13.5. The number of hydrogen-bond acceptors (Lipinski definition) is 2. The lowest BCUT2D eigenvalue weighted by atomic mass is 10.0. The molecule has 0 aliphatic carbocycles. The molecule has 0 radical (unpaired) electrons. The first-order valence-corrected chi connectivity index (χ1v) is 8.00. The second-order valence-corrected chi connectivity index (χ2v) is 5.41. The van der Waals surface area contributed by atoms with Crippen LogP contribution in [0.15, 0.2) is 42.5 Å². The number of rotatable bonds is 6. The average Bonchev–Trinajstić information content (AvgIpc) is 2.57. The maximum atomic E-state index is 13.5. The van der Waals surface area contributed by atoms with E-state index in [2.05, 4.69) is 10.6 Å². The smallest absolute Gasteiger partial charge is 0.233 e. The molecule has 0 aliphatic rings. The average molecular weight is 328 g/mol. The van der Waals surface area contributed by atoms with Crippen LogP contribution in [-0.2, 0) is 22.4 Å². The molecule has 0 saturated heterocycles. The van der Waals surface area contributed by atoms with Crippen molar-refractivity contribution < 1.29 is 14.0 Å². The first kappa shape index (κ1) is 17.7. The molecule has 2 aromatic rings. The van der Waals surface area contributed by atoms with Crippen LogP contribution in [-0.4, -0.2) is 11.8 Å². The van der Waals surface area contributed by atoms with Gasteiger partial charge in [-0.2, -0.15) is 0 Å². The summed E-state index contributed by atoms with van der Waals surface area (Å²) in [6, 6.07) is 11.7. The van der Waals surface area contributed by atoms with Gasteiger partial charge in [-0.1, -0.05) is 44.2 Å². The summed E-state index contributed by atoms with van der Waals surface area (Å²) in [6.07, 6.45) is 1.20. The third-order valence-corrected chi connectivity index (χ3v) is 3.73. The summed E-state index contributed by atoms with van der Waals surface area (Å²) in [5.41, 5.74) is 2.89. The number of aryl methyl sites for hydroxylation is 2. The molecule has 4 nitrogen and oxygen atoms in total. The van der Waals surface area contributed by atoms with E-state index in [1.165, 1.54) is 18.2 Å². The molecular weight excluding hydrogens is 307 g/mol. The van der Waals surface area contributed by atoms with E-state index >= 15 is 0 Å². The number of hydrogen-bond donors (Lipinski definition) is 2. The summed E-state index contributed by atoms with van der Waals surface area (Å²) in [7, 11) is 0. The maximum Gasteiger partial charge on any atom is 0.233 e. The van der Waals surface area contributed by atoms with Gasteiger partial charge in [0.2, 0.25) is 11.8 Å². The molecule has 126 valence electrons. The number of halogens is 1. The molecule has 5 heteroatoms. The SMILES string of the molecule is CCc1cccc(CC)c1NC(=O)CC(=O)Nc1ccccc1F. The lowest BCUT2D eigenvalue weighted by Gasteiger charge is -2.14. The van der Waals surface area contributed by atoms with Gasteiger partial charge in [0.1, 0.15) is 12.2 Å².